The first kappa shape index (κ1) is 24.5. The third-order valence-corrected chi connectivity index (χ3v) is 7.05. The van der Waals surface area contributed by atoms with Crippen molar-refractivity contribution in [2.24, 2.45) is 5.73 Å². The number of piperidine rings is 1. The fourth-order valence-electron chi connectivity index (χ4n) is 4.54. The lowest BCUT2D eigenvalue weighted by atomic mass is 9.97. The number of nitrogens with two attached hydrogens (primary N) is 1. The Morgan fingerprint density at radius 2 is 1.67 bits per heavy atom. The number of nitrogens with zero attached hydrogens (tertiary/aromatic N) is 4. The molecule has 10 heteroatoms. The number of aromatic nitrogens is 2. The van der Waals surface area contributed by atoms with Gasteiger partial charge in [-0.2, -0.15) is 5.26 Å². The summed E-state index contributed by atoms with van der Waals surface area (Å²) in [4.78, 5) is 2.17. The summed E-state index contributed by atoms with van der Waals surface area (Å²) < 4.78 is 14.3. The van der Waals surface area contributed by atoms with Crippen LogP contribution in [0.1, 0.15) is 18.4 Å². The van der Waals surface area contributed by atoms with E-state index < -0.39 is 5.82 Å². The number of hydrogen-bond acceptors (Lipinski definition) is 6. The molecule has 4 aromatic rings. The van der Waals surface area contributed by atoms with E-state index in [4.69, 9.17) is 40.5 Å². The molecule has 1 aromatic heterocycles. The average molecular weight is 543 g/mol. The number of fused-ring (bicyclic) bond motifs is 1. The molecule has 5 rings (SSSR count). The fourth-order valence-corrected chi connectivity index (χ4v) is 5.32. The molecule has 36 heavy (non-hydrogen) atoms. The van der Waals surface area contributed by atoms with E-state index in [1.807, 2.05) is 6.07 Å². The Morgan fingerprint density at radius 3 is 2.33 bits per heavy atom. The second kappa shape index (κ2) is 9.72. The Morgan fingerprint density at radius 1 is 0.972 bits per heavy atom. The van der Waals surface area contributed by atoms with Gasteiger partial charge in [0.05, 0.1) is 21.8 Å². The minimum absolute atomic E-state index is 0.102. The minimum atomic E-state index is -0.664. The zero-order valence-electron chi connectivity index (χ0n) is 18.8. The molecule has 2 heterocycles. The molecule has 0 spiro atoms. The zero-order valence-corrected chi connectivity index (χ0v) is 21.0. The predicted molar refractivity (Wildman–Crippen MR) is 141 cm³/mol. The second-order valence-electron chi connectivity index (χ2n) is 8.69. The van der Waals surface area contributed by atoms with Gasteiger partial charge in [-0.15, -0.1) is 10.2 Å². The van der Waals surface area contributed by atoms with Gasteiger partial charge in [-0.1, -0.05) is 34.8 Å². The first-order valence-electron chi connectivity index (χ1n) is 11.1. The molecule has 0 aliphatic carbocycles. The molecular formula is C26H19Cl3FN5O. The number of hydrogen-bond donors (Lipinski definition) is 2. The van der Waals surface area contributed by atoms with Crippen molar-refractivity contribution in [3.63, 3.8) is 0 Å². The van der Waals surface area contributed by atoms with Gasteiger partial charge < -0.3 is 15.7 Å². The first-order valence-corrected chi connectivity index (χ1v) is 12.3. The number of benzene rings is 3. The van der Waals surface area contributed by atoms with Crippen molar-refractivity contribution < 1.29 is 9.50 Å². The molecule has 1 saturated heterocycles. The molecule has 0 unspecified atom stereocenters. The number of phenols is 1. The maximum Gasteiger partial charge on any atom is 0.141 e. The van der Waals surface area contributed by atoms with Gasteiger partial charge >= 0.3 is 0 Å². The summed E-state index contributed by atoms with van der Waals surface area (Å²) in [5, 5.41) is 30.7. The summed E-state index contributed by atoms with van der Waals surface area (Å²) in [6, 6.07) is 12.5. The van der Waals surface area contributed by atoms with Crippen LogP contribution in [0, 0.1) is 17.1 Å². The Labute approximate surface area is 221 Å². The van der Waals surface area contributed by atoms with Gasteiger partial charge in [0.25, 0.3) is 0 Å². The van der Waals surface area contributed by atoms with E-state index in [-0.39, 0.29) is 27.9 Å². The van der Waals surface area contributed by atoms with Crippen LogP contribution < -0.4 is 10.6 Å². The highest BCUT2D eigenvalue weighted by atomic mass is 35.5. The Kier molecular flexibility index (Phi) is 6.62. The van der Waals surface area contributed by atoms with Crippen LogP contribution in [0.15, 0.2) is 42.5 Å². The van der Waals surface area contributed by atoms with Crippen LogP contribution in [0.25, 0.3) is 33.3 Å². The highest BCUT2D eigenvalue weighted by molar-refractivity contribution is 6.35. The van der Waals surface area contributed by atoms with Gasteiger partial charge in [-0.25, -0.2) is 4.39 Å². The molecule has 0 amide bonds. The normalized spacial score (nSPS) is 14.3. The van der Waals surface area contributed by atoms with Gasteiger partial charge in [0.15, 0.2) is 0 Å². The van der Waals surface area contributed by atoms with Crippen molar-refractivity contribution in [1.29, 1.82) is 5.26 Å². The maximum absolute atomic E-state index is 14.3. The van der Waals surface area contributed by atoms with E-state index in [2.05, 4.69) is 15.1 Å². The van der Waals surface area contributed by atoms with Gasteiger partial charge in [-0.3, -0.25) is 0 Å². The molecule has 3 N–H and O–H groups in total. The molecule has 6 nitrogen and oxygen atoms in total. The van der Waals surface area contributed by atoms with Gasteiger partial charge in [0.1, 0.15) is 23.3 Å². The quantitative estimate of drug-likeness (QED) is 0.304. The monoisotopic (exact) mass is 541 g/mol. The summed E-state index contributed by atoms with van der Waals surface area (Å²) in [6.45, 7) is 1.37. The SMILES string of the molecule is N#Cc1cc(F)cc(-c2cc3c(N4CCC(N)CC4)c(-c4cc(Cl)cc(Cl)c4)nnc3cc2Cl)c1O. The van der Waals surface area contributed by atoms with Crippen LogP contribution in [0.4, 0.5) is 10.1 Å². The van der Waals surface area contributed by atoms with Crippen LogP contribution >= 0.6 is 34.8 Å². The maximum atomic E-state index is 14.3. The van der Waals surface area contributed by atoms with Crippen molar-refractivity contribution >= 4 is 51.4 Å². The van der Waals surface area contributed by atoms with Crippen LogP contribution in [-0.2, 0) is 0 Å². The third kappa shape index (κ3) is 4.54. The summed E-state index contributed by atoms with van der Waals surface area (Å²) in [5.41, 5.74) is 8.98. The van der Waals surface area contributed by atoms with Crippen molar-refractivity contribution in [3.05, 3.63) is 68.9 Å². The number of halogens is 4. The van der Waals surface area contributed by atoms with E-state index in [1.54, 1.807) is 30.3 Å². The summed E-state index contributed by atoms with van der Waals surface area (Å²) in [5.74, 6) is -1.02. The molecule has 182 valence electrons. The van der Waals surface area contributed by atoms with Crippen LogP contribution in [0.5, 0.6) is 5.75 Å². The van der Waals surface area contributed by atoms with Gasteiger partial charge in [0, 0.05) is 51.3 Å². The standard InChI is InChI=1S/C26H19Cl3FN5O/c27-15-5-13(6-16(28)8-15)24-25(35-3-1-18(32)2-4-35)21-10-19(22(29)11-23(21)33-34-24)20-9-17(30)7-14(12-31)26(20)36/h5-11,18,36H,1-4,32H2. The Hall–Kier alpha value is -3.15. The molecule has 0 bridgehead atoms. The lowest BCUT2D eigenvalue weighted by molar-refractivity contribution is 0.473. The number of rotatable bonds is 3. The van der Waals surface area contributed by atoms with Crippen molar-refractivity contribution in [3.8, 4) is 34.2 Å². The molecule has 0 radical (unpaired) electrons. The van der Waals surface area contributed by atoms with Gasteiger partial charge in [0.2, 0.25) is 0 Å². The van der Waals surface area contributed by atoms with Crippen molar-refractivity contribution in [2.45, 2.75) is 18.9 Å². The highest BCUT2D eigenvalue weighted by Crippen LogP contribution is 2.43. The summed E-state index contributed by atoms with van der Waals surface area (Å²) >= 11 is 19.1. The van der Waals surface area contributed by atoms with E-state index in [0.717, 1.165) is 30.7 Å². The Bertz CT molecular complexity index is 1530. The predicted octanol–water partition coefficient (Wildman–Crippen LogP) is 6.57. The van der Waals surface area contributed by atoms with Crippen LogP contribution in [0.2, 0.25) is 15.1 Å². The smallest absolute Gasteiger partial charge is 0.141 e. The number of phenolic OH excluding ortho intramolecular Hbond substituents is 1. The lowest BCUT2D eigenvalue weighted by Crippen LogP contribution is -2.40. The van der Waals surface area contributed by atoms with Crippen molar-refractivity contribution in [1.82, 2.24) is 10.2 Å². The molecule has 0 saturated carbocycles. The fraction of sp³-hybridized carbons (Fsp3) is 0.192. The molecule has 1 fully saturated rings. The molecule has 0 atom stereocenters. The van der Waals surface area contributed by atoms with E-state index in [0.29, 0.717) is 50.9 Å². The van der Waals surface area contributed by atoms with Crippen molar-refractivity contribution in [2.75, 3.05) is 18.0 Å². The topological polar surface area (TPSA) is 99.1 Å². The zero-order chi connectivity index (χ0) is 25.6. The summed E-state index contributed by atoms with van der Waals surface area (Å²) in [6.07, 6.45) is 1.58. The first-order chi connectivity index (χ1) is 17.2. The third-order valence-electron chi connectivity index (χ3n) is 6.30. The van der Waals surface area contributed by atoms with E-state index in [1.165, 1.54) is 0 Å². The Balaban J connectivity index is 1.81. The number of nitriles is 1. The highest BCUT2D eigenvalue weighted by Gasteiger charge is 2.25. The van der Waals surface area contributed by atoms with Gasteiger partial charge in [-0.05, 0) is 55.3 Å². The number of aromatic hydroxyl groups is 1. The molecular weight excluding hydrogens is 524 g/mol. The minimum Gasteiger partial charge on any atom is -0.506 e. The average Bonchev–Trinajstić information content (AvgIpc) is 2.84. The molecule has 1 aliphatic rings. The number of anilines is 1. The van der Waals surface area contributed by atoms with E-state index in [9.17, 15) is 14.8 Å². The molecule has 1 aliphatic heterocycles. The molecule has 3 aromatic carbocycles. The largest absolute Gasteiger partial charge is 0.506 e. The lowest BCUT2D eigenvalue weighted by Gasteiger charge is -2.33. The van der Waals surface area contributed by atoms with Crippen LogP contribution in [0.3, 0.4) is 0 Å². The second-order valence-corrected chi connectivity index (χ2v) is 9.97. The van der Waals surface area contributed by atoms with Crippen LogP contribution in [-0.4, -0.2) is 34.4 Å². The van der Waals surface area contributed by atoms with E-state index >= 15 is 0 Å². The summed E-state index contributed by atoms with van der Waals surface area (Å²) in [7, 11) is 0.